The van der Waals surface area contributed by atoms with E-state index in [1.165, 1.54) is 41.5 Å². The van der Waals surface area contributed by atoms with Crippen molar-refractivity contribution in [2.45, 2.75) is 6.54 Å². The van der Waals surface area contributed by atoms with Gasteiger partial charge in [0.2, 0.25) is 5.13 Å². The molecule has 3 aromatic rings. The summed E-state index contributed by atoms with van der Waals surface area (Å²) in [5.74, 6) is -2.13. The molecule has 0 saturated carbocycles. The minimum absolute atomic E-state index is 0.0363. The number of carboxylic acids is 1. The monoisotopic (exact) mass is 470 g/mol. The normalized spacial score (nSPS) is 14.1. The summed E-state index contributed by atoms with van der Waals surface area (Å²) >= 11 is 1.24. The molecule has 1 fully saturated rings. The molecular weight excluding hydrogens is 447 g/mol. The number of carboxylic acid groups (broad SMARTS) is 1. The number of nitrogens with zero attached hydrogens (tertiary/aromatic N) is 4. The minimum atomic E-state index is -0.748. The van der Waals surface area contributed by atoms with Gasteiger partial charge in [0.05, 0.1) is 24.6 Å². The molecule has 0 bridgehead atoms. The summed E-state index contributed by atoms with van der Waals surface area (Å²) in [4.78, 5) is 27.4. The number of anilines is 1. The van der Waals surface area contributed by atoms with E-state index in [2.05, 4.69) is 15.1 Å². The van der Waals surface area contributed by atoms with Crippen molar-refractivity contribution >= 4 is 28.3 Å². The van der Waals surface area contributed by atoms with Gasteiger partial charge < -0.3 is 9.84 Å². The Balaban J connectivity index is 1.47. The third-order valence-electron chi connectivity index (χ3n) is 5.43. The van der Waals surface area contributed by atoms with E-state index in [1.807, 2.05) is 24.3 Å². The second kappa shape index (κ2) is 10.2. The van der Waals surface area contributed by atoms with Crippen molar-refractivity contribution in [3.8, 4) is 10.6 Å². The van der Waals surface area contributed by atoms with Crippen molar-refractivity contribution in [2.75, 3.05) is 38.3 Å². The molecule has 1 aliphatic heterocycles. The van der Waals surface area contributed by atoms with Gasteiger partial charge in [0.1, 0.15) is 10.8 Å². The largest absolute Gasteiger partial charge is 0.481 e. The van der Waals surface area contributed by atoms with E-state index >= 15 is 0 Å². The molecular formula is C23H23FN4O4S. The molecule has 0 atom stereocenters. The Kier molecular flexibility index (Phi) is 7.07. The SMILES string of the molecule is COCCN(C(=O)c1ccccc1F)c1nnc(-c2ccc(CN3CC(C(=O)O)C3)cc2)s1. The Labute approximate surface area is 194 Å². The molecule has 1 N–H and O–H groups in total. The van der Waals surface area contributed by atoms with Crippen molar-refractivity contribution in [1.82, 2.24) is 15.1 Å². The van der Waals surface area contributed by atoms with Crippen molar-refractivity contribution in [2.24, 2.45) is 5.92 Å². The highest BCUT2D eigenvalue weighted by Crippen LogP contribution is 2.30. The first kappa shape index (κ1) is 23.0. The maximum Gasteiger partial charge on any atom is 0.309 e. The van der Waals surface area contributed by atoms with Crippen LogP contribution in [-0.4, -0.2) is 65.4 Å². The van der Waals surface area contributed by atoms with E-state index in [-0.39, 0.29) is 24.6 Å². The number of likely N-dealkylation sites (tertiary alicyclic amines) is 1. The van der Waals surface area contributed by atoms with Gasteiger partial charge in [-0.1, -0.05) is 47.7 Å². The van der Waals surface area contributed by atoms with Gasteiger partial charge in [-0.2, -0.15) is 0 Å². The molecule has 1 aromatic heterocycles. The summed E-state index contributed by atoms with van der Waals surface area (Å²) in [6, 6.07) is 13.6. The van der Waals surface area contributed by atoms with Crippen LogP contribution in [0.1, 0.15) is 15.9 Å². The third kappa shape index (κ3) is 5.24. The van der Waals surface area contributed by atoms with E-state index in [0.29, 0.717) is 29.8 Å². The second-order valence-corrected chi connectivity index (χ2v) is 8.70. The number of rotatable bonds is 9. The average molecular weight is 471 g/mol. The van der Waals surface area contributed by atoms with Crippen LogP contribution in [0.4, 0.5) is 9.52 Å². The van der Waals surface area contributed by atoms with Crippen molar-refractivity contribution in [3.05, 3.63) is 65.5 Å². The summed E-state index contributed by atoms with van der Waals surface area (Å²) < 4.78 is 19.3. The van der Waals surface area contributed by atoms with Gasteiger partial charge in [-0.05, 0) is 17.7 Å². The zero-order chi connectivity index (χ0) is 23.4. The molecule has 33 heavy (non-hydrogen) atoms. The summed E-state index contributed by atoms with van der Waals surface area (Å²) in [6.07, 6.45) is 0. The number of ether oxygens (including phenoxy) is 1. The predicted molar refractivity (Wildman–Crippen MR) is 122 cm³/mol. The zero-order valence-electron chi connectivity index (χ0n) is 18.0. The number of aromatic nitrogens is 2. The summed E-state index contributed by atoms with van der Waals surface area (Å²) in [7, 11) is 1.53. The van der Waals surface area contributed by atoms with Crippen molar-refractivity contribution < 1.29 is 23.8 Å². The third-order valence-corrected chi connectivity index (χ3v) is 6.42. The highest BCUT2D eigenvalue weighted by molar-refractivity contribution is 7.18. The van der Waals surface area contributed by atoms with Crippen molar-refractivity contribution in [3.63, 3.8) is 0 Å². The molecule has 4 rings (SSSR count). The van der Waals surface area contributed by atoms with Crippen LogP contribution in [0.3, 0.4) is 0 Å². The number of aliphatic carboxylic acids is 1. The molecule has 1 aliphatic rings. The van der Waals surface area contributed by atoms with Gasteiger partial charge >= 0.3 is 5.97 Å². The van der Waals surface area contributed by atoms with Crippen LogP contribution in [0.2, 0.25) is 0 Å². The van der Waals surface area contributed by atoms with E-state index in [4.69, 9.17) is 9.84 Å². The number of hydrogen-bond acceptors (Lipinski definition) is 7. The summed E-state index contributed by atoms with van der Waals surface area (Å²) in [6.45, 7) is 2.29. The van der Waals surface area contributed by atoms with Gasteiger partial charge in [0, 0.05) is 32.3 Å². The highest BCUT2D eigenvalue weighted by atomic mass is 32.1. The molecule has 10 heteroatoms. The second-order valence-electron chi connectivity index (χ2n) is 7.75. The van der Waals surface area contributed by atoms with Gasteiger partial charge in [-0.3, -0.25) is 19.4 Å². The topological polar surface area (TPSA) is 95.9 Å². The van der Waals surface area contributed by atoms with E-state index in [0.717, 1.165) is 11.1 Å². The van der Waals surface area contributed by atoms with Crippen LogP contribution in [0.25, 0.3) is 10.6 Å². The number of carbonyl (C=O) groups excluding carboxylic acids is 1. The Morgan fingerprint density at radius 3 is 2.58 bits per heavy atom. The number of halogens is 1. The molecule has 2 heterocycles. The van der Waals surface area contributed by atoms with Gasteiger partial charge in [0.15, 0.2) is 0 Å². The zero-order valence-corrected chi connectivity index (χ0v) is 18.8. The maximum atomic E-state index is 14.2. The lowest BCUT2D eigenvalue weighted by molar-refractivity contribution is -0.147. The molecule has 0 unspecified atom stereocenters. The van der Waals surface area contributed by atoms with Crippen LogP contribution < -0.4 is 4.90 Å². The van der Waals surface area contributed by atoms with Crippen molar-refractivity contribution in [1.29, 1.82) is 0 Å². The quantitative estimate of drug-likeness (QED) is 0.513. The smallest absolute Gasteiger partial charge is 0.309 e. The molecule has 172 valence electrons. The number of carbonyl (C=O) groups is 2. The minimum Gasteiger partial charge on any atom is -0.481 e. The van der Waals surface area contributed by atoms with Crippen LogP contribution in [0, 0.1) is 11.7 Å². The molecule has 1 saturated heterocycles. The number of methoxy groups -OCH3 is 1. The van der Waals surface area contributed by atoms with Crippen LogP contribution in [0.5, 0.6) is 0 Å². The van der Waals surface area contributed by atoms with E-state index in [1.54, 1.807) is 6.07 Å². The molecule has 0 aliphatic carbocycles. The summed E-state index contributed by atoms with van der Waals surface area (Å²) in [5.41, 5.74) is 1.88. The predicted octanol–water partition coefficient (Wildman–Crippen LogP) is 3.15. The number of amides is 1. The molecule has 2 aromatic carbocycles. The number of hydrogen-bond donors (Lipinski definition) is 1. The first-order valence-corrected chi connectivity index (χ1v) is 11.2. The fourth-order valence-corrected chi connectivity index (χ4v) is 4.43. The Morgan fingerprint density at radius 1 is 1.18 bits per heavy atom. The lowest BCUT2D eigenvalue weighted by atomic mass is 9.99. The Morgan fingerprint density at radius 2 is 1.91 bits per heavy atom. The maximum absolute atomic E-state index is 14.2. The van der Waals surface area contributed by atoms with Crippen LogP contribution in [0.15, 0.2) is 48.5 Å². The van der Waals surface area contributed by atoms with E-state index in [9.17, 15) is 14.0 Å². The molecule has 8 nitrogen and oxygen atoms in total. The molecule has 1 amide bonds. The van der Waals surface area contributed by atoms with Crippen LogP contribution >= 0.6 is 11.3 Å². The number of benzene rings is 2. The van der Waals surface area contributed by atoms with E-state index < -0.39 is 17.7 Å². The fourth-order valence-electron chi connectivity index (χ4n) is 3.55. The Hall–Kier alpha value is -3.21. The molecule has 0 radical (unpaired) electrons. The molecule has 0 spiro atoms. The highest BCUT2D eigenvalue weighted by Gasteiger charge is 2.32. The lowest BCUT2D eigenvalue weighted by Gasteiger charge is -2.36. The van der Waals surface area contributed by atoms with Gasteiger partial charge in [-0.25, -0.2) is 4.39 Å². The first-order chi connectivity index (χ1) is 16.0. The lowest BCUT2D eigenvalue weighted by Crippen LogP contribution is -2.49. The Bertz CT molecular complexity index is 1130. The van der Waals surface area contributed by atoms with Crippen LogP contribution in [-0.2, 0) is 16.1 Å². The fraction of sp³-hybridized carbons (Fsp3) is 0.304. The average Bonchev–Trinajstić information content (AvgIpc) is 3.26. The standard InChI is InChI=1S/C23H23FN4O4S/c1-32-11-10-28(21(29)18-4-2-3-5-19(18)24)23-26-25-20(33-23)16-8-6-15(7-9-16)12-27-13-17(14-27)22(30)31/h2-9,17H,10-14H2,1H3,(H,30,31). The van der Waals surface area contributed by atoms with Gasteiger partial charge in [-0.15, -0.1) is 10.2 Å². The summed E-state index contributed by atoms with van der Waals surface area (Å²) in [5, 5.41) is 18.4. The first-order valence-electron chi connectivity index (χ1n) is 10.4. The van der Waals surface area contributed by atoms with Gasteiger partial charge in [0.25, 0.3) is 5.91 Å².